The third-order valence-corrected chi connectivity index (χ3v) is 11.8. The third-order valence-electron chi connectivity index (χ3n) is 11.8. The minimum absolute atomic E-state index is 0.0270. The molecule has 0 aromatic heterocycles. The van der Waals surface area contributed by atoms with Crippen LogP contribution in [0.15, 0.2) is 23.3 Å². The monoisotopic (exact) mass is 548 g/mol. The number of carbonyl (C=O) groups is 4. The van der Waals surface area contributed by atoms with Gasteiger partial charge in [0, 0.05) is 31.3 Å². The topological polar surface area (TPSA) is 105 Å². The van der Waals surface area contributed by atoms with E-state index in [1.807, 2.05) is 13.8 Å². The summed E-state index contributed by atoms with van der Waals surface area (Å²) in [5.74, 6) is -2.01. The fourth-order valence-electron chi connectivity index (χ4n) is 10.1. The molecular weight excluding hydrogens is 504 g/mol. The van der Waals surface area contributed by atoms with E-state index < -0.39 is 39.0 Å². The van der Waals surface area contributed by atoms with Crippen molar-refractivity contribution in [3.63, 3.8) is 0 Å². The standard InChI is InChI=1S/C33H44N2O5/c1-10-32-14-12-21-29(5)13-11-20-30(6,16-19(18-34)25(37)31(20,7)26(38)35(8)9)22(29)15-24(36)33(21,40-27(32)39)23(32)17-28(2,3)4/h15-16,20-21,23H,10-14,17H2,1-9H3/t20?,21?,23?,29-,30-,31-,32-,33+/m0/s1. The second kappa shape index (κ2) is 8.39. The fraction of sp³-hybridized carbons (Fsp3) is 0.727. The number of ketones is 2. The zero-order chi connectivity index (χ0) is 29.8. The maximum Gasteiger partial charge on any atom is 0.313 e. The molecule has 0 N–H and O–H groups in total. The number of ether oxygens (including phenoxy) is 1. The highest BCUT2D eigenvalue weighted by Crippen LogP contribution is 2.73. The second-order valence-corrected chi connectivity index (χ2v) is 15.2. The number of carbonyl (C=O) groups excluding carboxylic acids is 4. The summed E-state index contributed by atoms with van der Waals surface area (Å²) < 4.78 is 6.38. The van der Waals surface area contributed by atoms with Gasteiger partial charge in [-0.2, -0.15) is 5.26 Å². The van der Waals surface area contributed by atoms with Crippen molar-refractivity contribution in [1.29, 1.82) is 5.26 Å². The van der Waals surface area contributed by atoms with Crippen molar-refractivity contribution in [3.8, 4) is 6.07 Å². The van der Waals surface area contributed by atoms with Crippen LogP contribution < -0.4 is 0 Å². The molecule has 7 nitrogen and oxygen atoms in total. The summed E-state index contributed by atoms with van der Waals surface area (Å²) in [6.07, 6.45) is 7.40. The van der Waals surface area contributed by atoms with Gasteiger partial charge < -0.3 is 9.64 Å². The summed E-state index contributed by atoms with van der Waals surface area (Å²) in [7, 11) is 3.27. The van der Waals surface area contributed by atoms with E-state index in [2.05, 4.69) is 33.8 Å². The van der Waals surface area contributed by atoms with Crippen molar-refractivity contribution in [2.45, 2.75) is 92.6 Å². The van der Waals surface area contributed by atoms with E-state index in [-0.39, 0.29) is 40.5 Å². The average molecular weight is 549 g/mol. The van der Waals surface area contributed by atoms with Crippen LogP contribution in [-0.2, 0) is 23.9 Å². The molecule has 7 heteroatoms. The molecule has 216 valence electrons. The maximum atomic E-state index is 14.6. The zero-order valence-electron chi connectivity index (χ0n) is 25.6. The lowest BCUT2D eigenvalue weighted by Gasteiger charge is -2.64. The number of rotatable bonds is 3. The quantitative estimate of drug-likeness (QED) is 0.355. The predicted octanol–water partition coefficient (Wildman–Crippen LogP) is 5.20. The van der Waals surface area contributed by atoms with E-state index in [9.17, 15) is 24.4 Å². The van der Waals surface area contributed by atoms with Crippen LogP contribution in [0.25, 0.3) is 0 Å². The molecule has 3 unspecified atom stereocenters. The Kier molecular flexibility index (Phi) is 6.04. The first-order valence-electron chi connectivity index (χ1n) is 14.8. The number of nitrogens with zero attached hydrogens (tertiary/aromatic N) is 2. The molecule has 2 bridgehead atoms. The molecule has 5 aliphatic rings. The molecule has 4 aliphatic carbocycles. The number of Topliss-reactive ketones (excluding diaryl/α,β-unsaturated/α-hetero) is 1. The largest absolute Gasteiger partial charge is 0.450 e. The Labute approximate surface area is 238 Å². The van der Waals surface area contributed by atoms with E-state index in [0.29, 0.717) is 38.5 Å². The van der Waals surface area contributed by atoms with Crippen molar-refractivity contribution in [2.24, 2.45) is 44.8 Å². The summed E-state index contributed by atoms with van der Waals surface area (Å²) >= 11 is 0. The highest BCUT2D eigenvalue weighted by molar-refractivity contribution is 6.16. The van der Waals surface area contributed by atoms with Crippen LogP contribution in [-0.4, -0.2) is 48.0 Å². The number of hydrogen-bond donors (Lipinski definition) is 0. The zero-order valence-corrected chi connectivity index (χ0v) is 25.6. The summed E-state index contributed by atoms with van der Waals surface area (Å²) in [5, 5.41) is 10.0. The molecule has 5 rings (SSSR count). The van der Waals surface area contributed by atoms with Gasteiger partial charge in [-0.05, 0) is 68.3 Å². The van der Waals surface area contributed by atoms with Crippen LogP contribution in [0.3, 0.4) is 0 Å². The predicted molar refractivity (Wildman–Crippen MR) is 149 cm³/mol. The van der Waals surface area contributed by atoms with E-state index in [1.54, 1.807) is 33.2 Å². The first kappa shape index (κ1) is 28.8. The normalized spacial score (nSPS) is 43.9. The van der Waals surface area contributed by atoms with Gasteiger partial charge in [-0.3, -0.25) is 19.2 Å². The lowest BCUT2D eigenvalue weighted by molar-refractivity contribution is -0.177. The number of amides is 1. The molecule has 8 atom stereocenters. The smallest absolute Gasteiger partial charge is 0.313 e. The van der Waals surface area contributed by atoms with Crippen molar-refractivity contribution in [3.05, 3.63) is 23.3 Å². The Morgan fingerprint density at radius 2 is 1.73 bits per heavy atom. The van der Waals surface area contributed by atoms with Gasteiger partial charge in [-0.15, -0.1) is 0 Å². The van der Waals surface area contributed by atoms with Crippen molar-refractivity contribution in [1.82, 2.24) is 4.90 Å². The minimum Gasteiger partial charge on any atom is -0.450 e. The number of nitriles is 1. The lowest BCUT2D eigenvalue weighted by Crippen LogP contribution is -2.67. The van der Waals surface area contributed by atoms with Crippen LogP contribution in [0.5, 0.6) is 0 Å². The number of fused-ring (bicyclic) bond motifs is 5. The molecule has 1 saturated heterocycles. The van der Waals surface area contributed by atoms with Crippen LogP contribution in [0.2, 0.25) is 0 Å². The molecule has 0 radical (unpaired) electrons. The van der Waals surface area contributed by atoms with Gasteiger partial charge in [0.2, 0.25) is 5.91 Å². The minimum atomic E-state index is -1.42. The van der Waals surface area contributed by atoms with Crippen LogP contribution in [0, 0.1) is 56.2 Å². The second-order valence-electron chi connectivity index (χ2n) is 15.2. The first-order chi connectivity index (χ1) is 18.4. The first-order valence-corrected chi connectivity index (χ1v) is 14.8. The van der Waals surface area contributed by atoms with Crippen LogP contribution in [0.4, 0.5) is 0 Å². The molecule has 3 fully saturated rings. The maximum absolute atomic E-state index is 14.6. The Hall–Kier alpha value is -2.75. The van der Waals surface area contributed by atoms with E-state index >= 15 is 0 Å². The van der Waals surface area contributed by atoms with Gasteiger partial charge in [0.25, 0.3) is 0 Å². The molecule has 40 heavy (non-hydrogen) atoms. The highest BCUT2D eigenvalue weighted by atomic mass is 16.6. The summed E-state index contributed by atoms with van der Waals surface area (Å²) in [5.41, 5.74) is -3.91. The number of hydrogen-bond acceptors (Lipinski definition) is 6. The SMILES string of the molecule is CC[C@@]12CCC3[C@](OC1=O)(C(=O)C=C1[C@@]4(C)C=C(C#N)C(=O)[C@@](C)(C(=O)N(C)C)C4CC[C@]13C)C2CC(C)(C)C. The fourth-order valence-corrected chi connectivity index (χ4v) is 10.1. The Bertz CT molecular complexity index is 1330. The molecule has 2 saturated carbocycles. The van der Waals surface area contributed by atoms with Crippen molar-refractivity contribution in [2.75, 3.05) is 14.1 Å². The summed E-state index contributed by atoms with van der Waals surface area (Å²) in [4.78, 5) is 57.0. The molecule has 1 aliphatic heterocycles. The van der Waals surface area contributed by atoms with Crippen LogP contribution >= 0.6 is 0 Å². The Balaban J connectivity index is 1.74. The average Bonchev–Trinajstić information content (AvgIpc) is 2.99. The van der Waals surface area contributed by atoms with Crippen LogP contribution in [0.1, 0.15) is 87.0 Å². The third kappa shape index (κ3) is 3.22. The van der Waals surface area contributed by atoms with E-state index in [0.717, 1.165) is 5.57 Å². The molecule has 1 heterocycles. The molecule has 1 spiro atoms. The highest BCUT2D eigenvalue weighted by Gasteiger charge is 2.77. The molecular formula is C33H44N2O5. The number of allylic oxidation sites excluding steroid dienone is 3. The summed E-state index contributed by atoms with van der Waals surface area (Å²) in [6, 6.07) is 2.07. The van der Waals surface area contributed by atoms with Gasteiger partial charge in [0.15, 0.2) is 17.2 Å². The van der Waals surface area contributed by atoms with Crippen molar-refractivity contribution < 1.29 is 23.9 Å². The number of esters is 1. The van der Waals surface area contributed by atoms with Gasteiger partial charge >= 0.3 is 5.97 Å². The van der Waals surface area contributed by atoms with E-state index in [1.165, 1.54) is 4.90 Å². The van der Waals surface area contributed by atoms with Gasteiger partial charge in [0.05, 0.1) is 11.0 Å². The Morgan fingerprint density at radius 1 is 1.10 bits per heavy atom. The molecule has 1 amide bonds. The summed E-state index contributed by atoms with van der Waals surface area (Å²) in [6.45, 7) is 14.3. The Morgan fingerprint density at radius 3 is 2.27 bits per heavy atom. The van der Waals surface area contributed by atoms with Crippen molar-refractivity contribution >= 4 is 23.4 Å². The van der Waals surface area contributed by atoms with Gasteiger partial charge in [-0.25, -0.2) is 0 Å². The van der Waals surface area contributed by atoms with Gasteiger partial charge in [0.1, 0.15) is 11.5 Å². The van der Waals surface area contributed by atoms with Gasteiger partial charge in [-0.1, -0.05) is 53.2 Å². The molecule has 0 aromatic rings. The van der Waals surface area contributed by atoms with E-state index in [4.69, 9.17) is 4.74 Å². The molecule has 0 aromatic carbocycles. The lowest BCUT2D eigenvalue weighted by atomic mass is 9.38.